The van der Waals surface area contributed by atoms with Gasteiger partial charge in [0.2, 0.25) is 0 Å². The normalized spacial score (nSPS) is 20.5. The van der Waals surface area contributed by atoms with Gasteiger partial charge in [-0.15, -0.1) is 24.0 Å². The third-order valence-electron chi connectivity index (χ3n) is 4.00. The molecule has 4 nitrogen and oxygen atoms in total. The molecular formula is C18H30IN3OS. The van der Waals surface area contributed by atoms with Crippen molar-refractivity contribution in [1.82, 2.24) is 10.6 Å². The third-order valence-corrected chi connectivity index (χ3v) is 5.53. The van der Waals surface area contributed by atoms with Crippen molar-refractivity contribution >= 4 is 41.7 Å². The van der Waals surface area contributed by atoms with Crippen LogP contribution < -0.4 is 10.6 Å². The summed E-state index contributed by atoms with van der Waals surface area (Å²) in [6.45, 7) is 7.60. The molecule has 1 heterocycles. The summed E-state index contributed by atoms with van der Waals surface area (Å²) < 4.78 is 5.53. The van der Waals surface area contributed by atoms with Gasteiger partial charge in [-0.1, -0.05) is 24.3 Å². The largest absolute Gasteiger partial charge is 0.380 e. The lowest BCUT2D eigenvalue weighted by Crippen LogP contribution is -2.43. The van der Waals surface area contributed by atoms with Crippen molar-refractivity contribution in [2.24, 2.45) is 4.99 Å². The Kier molecular flexibility index (Phi) is 10.1. The summed E-state index contributed by atoms with van der Waals surface area (Å²) in [6, 6.07) is 8.42. The molecule has 1 atom stereocenters. The van der Waals surface area contributed by atoms with Gasteiger partial charge in [0.1, 0.15) is 0 Å². The van der Waals surface area contributed by atoms with Crippen LogP contribution in [-0.4, -0.2) is 36.7 Å². The summed E-state index contributed by atoms with van der Waals surface area (Å²) in [5.74, 6) is 2.18. The van der Waals surface area contributed by atoms with Crippen LogP contribution in [0.3, 0.4) is 0 Å². The summed E-state index contributed by atoms with van der Waals surface area (Å²) in [7, 11) is 1.72. The molecule has 0 spiro atoms. The molecule has 6 heteroatoms. The molecule has 136 valence electrons. The molecule has 0 amide bonds. The molecule has 1 aliphatic heterocycles. The Balaban J connectivity index is 0.00000288. The number of thioether (sulfide) groups is 1. The number of hydrogen-bond acceptors (Lipinski definition) is 3. The fourth-order valence-electron chi connectivity index (χ4n) is 2.74. The predicted octanol–water partition coefficient (Wildman–Crippen LogP) is 3.79. The first-order valence-corrected chi connectivity index (χ1v) is 9.36. The Morgan fingerprint density at radius 1 is 1.33 bits per heavy atom. The molecule has 2 rings (SSSR count). The Bertz CT molecular complexity index is 519. The van der Waals surface area contributed by atoms with Crippen LogP contribution in [0.1, 0.15) is 37.8 Å². The zero-order chi connectivity index (χ0) is 16.5. The van der Waals surface area contributed by atoms with E-state index in [0.717, 1.165) is 19.0 Å². The average molecular weight is 463 g/mol. The van der Waals surface area contributed by atoms with Crippen molar-refractivity contribution in [3.63, 3.8) is 0 Å². The molecular weight excluding hydrogens is 433 g/mol. The van der Waals surface area contributed by atoms with Crippen molar-refractivity contribution in [1.29, 1.82) is 0 Å². The monoisotopic (exact) mass is 463 g/mol. The SMILES string of the molecule is CCNC(=NCc1cccc(COC)c1)NCC1(C)CCCS1.I. The number of nitrogens with one attached hydrogen (secondary N) is 2. The van der Waals surface area contributed by atoms with E-state index in [0.29, 0.717) is 17.9 Å². The zero-order valence-corrected chi connectivity index (χ0v) is 18.1. The number of ether oxygens (including phenoxy) is 1. The van der Waals surface area contributed by atoms with Crippen molar-refractivity contribution in [2.75, 3.05) is 26.0 Å². The fraction of sp³-hybridized carbons (Fsp3) is 0.611. The summed E-state index contributed by atoms with van der Waals surface area (Å²) in [5.41, 5.74) is 2.39. The van der Waals surface area contributed by atoms with E-state index in [9.17, 15) is 0 Å². The van der Waals surface area contributed by atoms with Gasteiger partial charge >= 0.3 is 0 Å². The Labute approximate surface area is 167 Å². The third kappa shape index (κ3) is 7.19. The Morgan fingerprint density at radius 3 is 2.79 bits per heavy atom. The van der Waals surface area contributed by atoms with Crippen molar-refractivity contribution in [2.45, 2.75) is 44.6 Å². The lowest BCUT2D eigenvalue weighted by Gasteiger charge is -2.24. The molecule has 0 bridgehead atoms. The van der Waals surface area contributed by atoms with Crippen LogP contribution in [0, 0.1) is 0 Å². The van der Waals surface area contributed by atoms with Crippen LogP contribution in [0.4, 0.5) is 0 Å². The van der Waals surface area contributed by atoms with Gasteiger partial charge in [0, 0.05) is 24.9 Å². The molecule has 1 unspecified atom stereocenters. The van der Waals surface area contributed by atoms with Crippen LogP contribution in [0.5, 0.6) is 0 Å². The van der Waals surface area contributed by atoms with Crippen molar-refractivity contribution in [3.05, 3.63) is 35.4 Å². The molecule has 0 aliphatic carbocycles. The van der Waals surface area contributed by atoms with E-state index in [1.165, 1.54) is 29.7 Å². The number of methoxy groups -OCH3 is 1. The molecule has 24 heavy (non-hydrogen) atoms. The predicted molar refractivity (Wildman–Crippen MR) is 115 cm³/mol. The molecule has 1 aromatic carbocycles. The smallest absolute Gasteiger partial charge is 0.191 e. The highest BCUT2D eigenvalue weighted by atomic mass is 127. The number of guanidine groups is 1. The number of benzene rings is 1. The molecule has 0 saturated carbocycles. The number of rotatable bonds is 7. The van der Waals surface area contributed by atoms with E-state index in [4.69, 9.17) is 9.73 Å². The minimum atomic E-state index is 0. The number of nitrogens with zero attached hydrogens (tertiary/aromatic N) is 1. The van der Waals surface area contributed by atoms with Crippen molar-refractivity contribution in [3.8, 4) is 0 Å². The first-order valence-electron chi connectivity index (χ1n) is 8.38. The molecule has 1 aliphatic rings. The van der Waals surface area contributed by atoms with Gasteiger partial charge in [-0.25, -0.2) is 4.99 Å². The van der Waals surface area contributed by atoms with E-state index in [1.54, 1.807) is 7.11 Å². The van der Waals surface area contributed by atoms with E-state index in [-0.39, 0.29) is 24.0 Å². The van der Waals surface area contributed by atoms with Gasteiger partial charge in [0.15, 0.2) is 5.96 Å². The summed E-state index contributed by atoms with van der Waals surface area (Å²) >= 11 is 2.07. The van der Waals surface area contributed by atoms with E-state index in [2.05, 4.69) is 60.5 Å². The molecule has 1 saturated heterocycles. The van der Waals surface area contributed by atoms with Crippen LogP contribution in [0.2, 0.25) is 0 Å². The lowest BCUT2D eigenvalue weighted by atomic mass is 10.1. The van der Waals surface area contributed by atoms with Gasteiger partial charge in [-0.3, -0.25) is 0 Å². The average Bonchev–Trinajstić information content (AvgIpc) is 2.98. The number of hydrogen-bond donors (Lipinski definition) is 2. The molecule has 0 aromatic heterocycles. The van der Waals surface area contributed by atoms with Crippen molar-refractivity contribution < 1.29 is 4.74 Å². The first kappa shape index (κ1) is 21.6. The quantitative estimate of drug-likeness (QED) is 0.367. The minimum Gasteiger partial charge on any atom is -0.380 e. The van der Waals surface area contributed by atoms with Crippen LogP contribution in [0.25, 0.3) is 0 Å². The zero-order valence-electron chi connectivity index (χ0n) is 14.9. The van der Waals surface area contributed by atoms with Gasteiger partial charge < -0.3 is 15.4 Å². The van der Waals surface area contributed by atoms with E-state index in [1.807, 2.05) is 0 Å². The maximum Gasteiger partial charge on any atom is 0.191 e. The van der Waals surface area contributed by atoms with Gasteiger partial charge in [-0.2, -0.15) is 11.8 Å². The second-order valence-corrected chi connectivity index (χ2v) is 7.89. The maximum absolute atomic E-state index is 5.19. The van der Waals surface area contributed by atoms with Crippen LogP contribution >= 0.6 is 35.7 Å². The van der Waals surface area contributed by atoms with Crippen LogP contribution in [0.15, 0.2) is 29.3 Å². The van der Waals surface area contributed by atoms with Gasteiger partial charge in [0.25, 0.3) is 0 Å². The topological polar surface area (TPSA) is 45.7 Å². The molecule has 2 N–H and O–H groups in total. The number of aliphatic imine (C=N–C) groups is 1. The Morgan fingerprint density at radius 2 is 2.12 bits per heavy atom. The summed E-state index contributed by atoms with van der Waals surface area (Å²) in [6.07, 6.45) is 2.60. The van der Waals surface area contributed by atoms with E-state index >= 15 is 0 Å². The lowest BCUT2D eigenvalue weighted by molar-refractivity contribution is 0.185. The van der Waals surface area contributed by atoms with Crippen LogP contribution in [-0.2, 0) is 17.9 Å². The second-order valence-electron chi connectivity index (χ2n) is 6.20. The highest BCUT2D eigenvalue weighted by Gasteiger charge is 2.29. The second kappa shape index (κ2) is 11.2. The molecule has 1 fully saturated rings. The van der Waals surface area contributed by atoms with Gasteiger partial charge in [-0.05, 0) is 43.6 Å². The summed E-state index contributed by atoms with van der Waals surface area (Å²) in [4.78, 5) is 4.72. The van der Waals surface area contributed by atoms with Gasteiger partial charge in [0.05, 0.1) is 13.2 Å². The minimum absolute atomic E-state index is 0. The highest BCUT2D eigenvalue weighted by Crippen LogP contribution is 2.36. The Hall–Kier alpha value is -0.470. The standard InChI is InChI=1S/C18H29N3OS.HI/c1-4-19-17(21-14-18(2)9-6-10-23-18)20-12-15-7-5-8-16(11-15)13-22-3;/h5,7-8,11H,4,6,9-10,12-14H2,1-3H3,(H2,19,20,21);1H. The highest BCUT2D eigenvalue weighted by molar-refractivity contribution is 14.0. The number of halogens is 1. The maximum atomic E-state index is 5.19. The molecule has 0 radical (unpaired) electrons. The fourth-order valence-corrected chi connectivity index (χ4v) is 3.99. The van der Waals surface area contributed by atoms with E-state index < -0.39 is 0 Å². The first-order chi connectivity index (χ1) is 11.1. The summed E-state index contributed by atoms with van der Waals surface area (Å²) in [5, 5.41) is 6.85. The molecule has 1 aromatic rings.